The van der Waals surface area contributed by atoms with Crippen LogP contribution in [0, 0.1) is 0 Å². The number of carbonyl (C=O) groups is 2. The van der Waals surface area contributed by atoms with Crippen LogP contribution in [0.1, 0.15) is 52.9 Å². The fraction of sp³-hybridized carbons (Fsp3) is 0.318. The van der Waals surface area contributed by atoms with Crippen molar-refractivity contribution in [2.75, 3.05) is 25.6 Å². The van der Waals surface area contributed by atoms with Gasteiger partial charge in [-0.3, -0.25) is 14.0 Å². The lowest BCUT2D eigenvalue weighted by molar-refractivity contribution is 0.0946. The average molecular weight is 394 g/mol. The Morgan fingerprint density at radius 3 is 2.62 bits per heavy atom. The molecule has 152 valence electrons. The molecule has 0 fully saturated rings. The molecule has 2 heterocycles. The van der Waals surface area contributed by atoms with E-state index in [0.29, 0.717) is 25.1 Å². The van der Waals surface area contributed by atoms with E-state index < -0.39 is 0 Å². The van der Waals surface area contributed by atoms with Gasteiger partial charge in [0.1, 0.15) is 0 Å². The van der Waals surface area contributed by atoms with Crippen LogP contribution in [0.2, 0.25) is 0 Å². The Bertz CT molecular complexity index is 1010. The molecule has 2 amide bonds. The lowest BCUT2D eigenvalue weighted by Gasteiger charge is -2.13. The lowest BCUT2D eigenvalue weighted by atomic mass is 10.0. The maximum absolute atomic E-state index is 13.0. The molecule has 3 aromatic rings. The number of aromatic nitrogens is 2. The first kappa shape index (κ1) is 20.5. The van der Waals surface area contributed by atoms with Crippen molar-refractivity contribution in [3.63, 3.8) is 0 Å². The fourth-order valence-electron chi connectivity index (χ4n) is 3.16. The van der Waals surface area contributed by atoms with Crippen molar-refractivity contribution in [2.24, 2.45) is 0 Å². The Kier molecular flexibility index (Phi) is 6.61. The molecule has 3 rings (SSSR count). The molecule has 1 aromatic carbocycles. The Hall–Kier alpha value is -3.19. The first-order chi connectivity index (χ1) is 14.0. The van der Waals surface area contributed by atoms with Crippen LogP contribution in [-0.2, 0) is 4.74 Å². The number of pyridine rings is 1. The zero-order chi connectivity index (χ0) is 20.8. The highest BCUT2D eigenvalue weighted by molar-refractivity contribution is 6.06. The number of nitrogens with zero attached hydrogens (tertiary/aromatic N) is 2. The van der Waals surface area contributed by atoms with E-state index in [1.165, 1.54) is 0 Å². The van der Waals surface area contributed by atoms with Crippen LogP contribution in [-0.4, -0.2) is 41.5 Å². The third-order valence-corrected chi connectivity index (χ3v) is 4.61. The summed E-state index contributed by atoms with van der Waals surface area (Å²) in [5.41, 5.74) is 2.59. The number of rotatable bonds is 8. The summed E-state index contributed by atoms with van der Waals surface area (Å²) in [7, 11) is 1.62. The van der Waals surface area contributed by atoms with Crippen LogP contribution in [0.5, 0.6) is 0 Å². The van der Waals surface area contributed by atoms with Crippen molar-refractivity contribution < 1.29 is 14.3 Å². The molecule has 7 heteroatoms. The molecular weight excluding hydrogens is 368 g/mol. The fourth-order valence-corrected chi connectivity index (χ4v) is 3.16. The molecule has 7 nitrogen and oxygen atoms in total. The van der Waals surface area contributed by atoms with Gasteiger partial charge in [0.2, 0.25) is 5.82 Å². The number of para-hydroxylation sites is 1. The number of anilines is 1. The Morgan fingerprint density at radius 1 is 1.10 bits per heavy atom. The Morgan fingerprint density at radius 2 is 1.86 bits per heavy atom. The number of amides is 2. The van der Waals surface area contributed by atoms with Gasteiger partial charge in [0.05, 0.1) is 5.52 Å². The summed E-state index contributed by atoms with van der Waals surface area (Å²) in [4.78, 5) is 30.0. The summed E-state index contributed by atoms with van der Waals surface area (Å²) in [5.74, 6) is -0.248. The number of methoxy groups -OCH3 is 1. The minimum absolute atomic E-state index is 0.168. The van der Waals surface area contributed by atoms with E-state index in [1.54, 1.807) is 29.8 Å². The van der Waals surface area contributed by atoms with E-state index >= 15 is 0 Å². The zero-order valence-corrected chi connectivity index (χ0v) is 16.9. The van der Waals surface area contributed by atoms with Gasteiger partial charge >= 0.3 is 0 Å². The number of hydrogen-bond donors (Lipinski definition) is 2. The molecule has 0 aliphatic carbocycles. The van der Waals surface area contributed by atoms with Crippen molar-refractivity contribution in [2.45, 2.75) is 26.2 Å². The number of imidazole rings is 1. The van der Waals surface area contributed by atoms with Crippen LogP contribution in [0.3, 0.4) is 0 Å². The minimum atomic E-state index is -0.363. The second-order valence-corrected chi connectivity index (χ2v) is 7.04. The quantitative estimate of drug-likeness (QED) is 0.573. The summed E-state index contributed by atoms with van der Waals surface area (Å²) in [6, 6.07) is 13.1. The number of nitrogens with one attached hydrogen (secondary N) is 2. The summed E-state index contributed by atoms with van der Waals surface area (Å²) in [6.45, 7) is 5.18. The van der Waals surface area contributed by atoms with Gasteiger partial charge < -0.3 is 15.4 Å². The molecule has 0 saturated carbocycles. The van der Waals surface area contributed by atoms with Crippen LogP contribution in [0.4, 0.5) is 5.69 Å². The van der Waals surface area contributed by atoms with E-state index in [-0.39, 0.29) is 29.3 Å². The van der Waals surface area contributed by atoms with Crippen molar-refractivity contribution in [3.05, 3.63) is 65.7 Å². The minimum Gasteiger partial charge on any atom is -0.385 e. The highest BCUT2D eigenvalue weighted by Crippen LogP contribution is 2.24. The third kappa shape index (κ3) is 4.63. The molecule has 2 N–H and O–H groups in total. The third-order valence-electron chi connectivity index (χ3n) is 4.61. The molecule has 0 aliphatic rings. The predicted molar refractivity (Wildman–Crippen MR) is 113 cm³/mol. The molecule has 0 bridgehead atoms. The number of benzene rings is 1. The van der Waals surface area contributed by atoms with Crippen molar-refractivity contribution >= 4 is 23.0 Å². The summed E-state index contributed by atoms with van der Waals surface area (Å²) in [6.07, 6.45) is 2.43. The van der Waals surface area contributed by atoms with Crippen molar-refractivity contribution in [1.29, 1.82) is 0 Å². The highest BCUT2D eigenvalue weighted by Gasteiger charge is 2.22. The lowest BCUT2D eigenvalue weighted by Crippen LogP contribution is -2.26. The molecule has 0 unspecified atom stereocenters. The van der Waals surface area contributed by atoms with E-state index in [2.05, 4.69) is 29.5 Å². The summed E-state index contributed by atoms with van der Waals surface area (Å²) in [5, 5.41) is 5.77. The first-order valence-electron chi connectivity index (χ1n) is 9.67. The van der Waals surface area contributed by atoms with E-state index in [0.717, 1.165) is 11.3 Å². The topological polar surface area (TPSA) is 84.7 Å². The van der Waals surface area contributed by atoms with Gasteiger partial charge in [-0.15, -0.1) is 0 Å². The molecule has 0 atom stereocenters. The van der Waals surface area contributed by atoms with E-state index in [4.69, 9.17) is 4.74 Å². The maximum Gasteiger partial charge on any atom is 0.292 e. The van der Waals surface area contributed by atoms with Crippen molar-refractivity contribution in [1.82, 2.24) is 14.7 Å². The first-order valence-corrected chi connectivity index (χ1v) is 9.67. The molecule has 2 aromatic heterocycles. The average Bonchev–Trinajstić information content (AvgIpc) is 3.11. The number of hydrogen-bond acceptors (Lipinski definition) is 4. The molecule has 0 radical (unpaired) electrons. The largest absolute Gasteiger partial charge is 0.385 e. The van der Waals surface area contributed by atoms with Gasteiger partial charge in [0.15, 0.2) is 5.69 Å². The summed E-state index contributed by atoms with van der Waals surface area (Å²) < 4.78 is 6.63. The summed E-state index contributed by atoms with van der Waals surface area (Å²) >= 11 is 0. The SMILES string of the molecule is COCCCNC(=O)c1nc(C(=O)Nc2ccccc2C(C)C)n2ccccc12. The molecule has 0 aliphatic heterocycles. The number of fused-ring (bicyclic) bond motifs is 1. The van der Waals surface area contributed by atoms with Gasteiger partial charge in [0.25, 0.3) is 11.8 Å². The smallest absolute Gasteiger partial charge is 0.292 e. The van der Waals surface area contributed by atoms with Crippen LogP contribution < -0.4 is 10.6 Å². The standard InChI is InChI=1S/C22H26N4O3/c1-15(2)16-9-4-5-10-17(16)24-22(28)20-25-19(18-11-6-7-13-26(18)20)21(27)23-12-8-14-29-3/h4-7,9-11,13,15H,8,12,14H2,1-3H3,(H,23,27)(H,24,28). The number of carbonyl (C=O) groups excluding carboxylic acids is 2. The zero-order valence-electron chi connectivity index (χ0n) is 16.9. The van der Waals surface area contributed by atoms with Crippen LogP contribution in [0.25, 0.3) is 5.52 Å². The molecule has 29 heavy (non-hydrogen) atoms. The molecule has 0 saturated heterocycles. The van der Waals surface area contributed by atoms with E-state index in [1.807, 2.05) is 30.3 Å². The van der Waals surface area contributed by atoms with Gasteiger partial charge in [-0.2, -0.15) is 0 Å². The van der Waals surface area contributed by atoms with Gasteiger partial charge in [0, 0.05) is 32.1 Å². The molecular formula is C22H26N4O3. The normalized spacial score (nSPS) is 11.0. The van der Waals surface area contributed by atoms with Gasteiger partial charge in [-0.25, -0.2) is 4.98 Å². The predicted octanol–water partition coefficient (Wildman–Crippen LogP) is 3.48. The monoisotopic (exact) mass is 394 g/mol. The second kappa shape index (κ2) is 9.34. The highest BCUT2D eigenvalue weighted by atomic mass is 16.5. The Labute approximate surface area is 170 Å². The maximum atomic E-state index is 13.0. The van der Waals surface area contributed by atoms with Crippen molar-refractivity contribution in [3.8, 4) is 0 Å². The number of ether oxygens (including phenoxy) is 1. The second-order valence-electron chi connectivity index (χ2n) is 7.04. The Balaban J connectivity index is 1.88. The van der Waals surface area contributed by atoms with Crippen LogP contribution in [0.15, 0.2) is 48.7 Å². The van der Waals surface area contributed by atoms with Crippen LogP contribution >= 0.6 is 0 Å². The molecule has 0 spiro atoms. The van der Waals surface area contributed by atoms with Gasteiger partial charge in [-0.1, -0.05) is 38.1 Å². The van der Waals surface area contributed by atoms with E-state index in [9.17, 15) is 9.59 Å². The van der Waals surface area contributed by atoms with Gasteiger partial charge in [-0.05, 0) is 36.1 Å².